The molecular weight excluding hydrogens is 611 g/mol. The summed E-state index contributed by atoms with van der Waals surface area (Å²) in [5.41, 5.74) is 0.271. The minimum absolute atomic E-state index is 0.135. The maximum atomic E-state index is 13.5. The number of hydrogen-bond donors (Lipinski definition) is 1. The van der Waals surface area contributed by atoms with Crippen LogP contribution in [0.3, 0.4) is 0 Å². The number of carbonyl (C=O) groups excluding carboxylic acids is 2. The molecule has 182 valence electrons. The normalized spacial score (nSPS) is 28.9. The van der Waals surface area contributed by atoms with Gasteiger partial charge in [0.25, 0.3) is 5.79 Å². The monoisotopic (exact) mass is 626 g/mol. The molecule has 0 saturated carbocycles. The van der Waals surface area contributed by atoms with Gasteiger partial charge in [-0.15, -0.1) is 11.8 Å². The molecule has 0 amide bonds. The first-order chi connectivity index (χ1) is 15.2. The Labute approximate surface area is 202 Å². The predicted molar refractivity (Wildman–Crippen MR) is 113 cm³/mol. The summed E-state index contributed by atoms with van der Waals surface area (Å²) in [5.74, 6) is -8.35. The zero-order valence-corrected chi connectivity index (χ0v) is 20.1. The number of carbonyl (C=O) groups is 2. The highest BCUT2D eigenvalue weighted by atomic mass is 127. The minimum atomic E-state index is -6.36. The fraction of sp³-hybridized carbons (Fsp3) is 0.556. The average molecular weight is 626 g/mol. The van der Waals surface area contributed by atoms with Gasteiger partial charge in [-0.1, -0.05) is 0 Å². The molecule has 3 heterocycles. The number of alkyl halides is 4. The average Bonchev–Trinajstić information content (AvgIpc) is 3.24. The van der Waals surface area contributed by atoms with Crippen molar-refractivity contribution >= 4 is 56.4 Å². The Hall–Kier alpha value is -1.33. The van der Waals surface area contributed by atoms with Crippen molar-refractivity contribution in [2.45, 2.75) is 46.7 Å². The molecule has 33 heavy (non-hydrogen) atoms. The first-order valence-corrected chi connectivity index (χ1v) is 12.9. The largest absolute Gasteiger partial charge is 0.465 e. The summed E-state index contributed by atoms with van der Waals surface area (Å²) in [4.78, 5) is 24.8. The highest BCUT2D eigenvalue weighted by Crippen LogP contribution is 2.58. The van der Waals surface area contributed by atoms with Crippen molar-refractivity contribution in [1.29, 1.82) is 0 Å². The quantitative estimate of drug-likeness (QED) is 0.219. The SMILES string of the molecule is O=C1OC2(CC3SC2CC3C(=O)OCCC(F)(F)C(F)(F)S(=O)(=O)O)Oc2cc(I)ccc21. The fourth-order valence-corrected chi connectivity index (χ4v) is 6.80. The van der Waals surface area contributed by atoms with Gasteiger partial charge in [-0.25, -0.2) is 4.79 Å². The Balaban J connectivity index is 1.37. The van der Waals surface area contributed by atoms with Crippen molar-refractivity contribution in [3.05, 3.63) is 27.3 Å². The van der Waals surface area contributed by atoms with Crippen molar-refractivity contribution < 1.29 is 54.3 Å². The van der Waals surface area contributed by atoms with E-state index in [-0.39, 0.29) is 18.4 Å². The number of hydrogen-bond acceptors (Lipinski definition) is 8. The number of halogens is 5. The van der Waals surface area contributed by atoms with E-state index in [1.165, 1.54) is 11.8 Å². The van der Waals surface area contributed by atoms with E-state index in [1.807, 2.05) is 0 Å². The summed E-state index contributed by atoms with van der Waals surface area (Å²) < 4.78 is 100. The first kappa shape index (κ1) is 24.8. The van der Waals surface area contributed by atoms with Crippen molar-refractivity contribution in [3.8, 4) is 5.75 Å². The van der Waals surface area contributed by atoms with Crippen LogP contribution < -0.4 is 4.74 Å². The molecule has 1 aromatic carbocycles. The molecule has 8 nitrogen and oxygen atoms in total. The van der Waals surface area contributed by atoms with E-state index in [0.717, 1.165) is 3.57 Å². The molecule has 2 bridgehead atoms. The van der Waals surface area contributed by atoms with Gasteiger partial charge in [-0.2, -0.15) is 26.0 Å². The van der Waals surface area contributed by atoms with Gasteiger partial charge in [0, 0.05) is 15.2 Å². The molecule has 4 unspecified atom stereocenters. The lowest BCUT2D eigenvalue weighted by atomic mass is 9.84. The van der Waals surface area contributed by atoms with E-state index in [0.29, 0.717) is 5.75 Å². The summed E-state index contributed by atoms with van der Waals surface area (Å²) in [6, 6.07) is 4.98. The highest BCUT2D eigenvalue weighted by molar-refractivity contribution is 14.1. The summed E-state index contributed by atoms with van der Waals surface area (Å²) in [6.07, 6.45) is -1.53. The van der Waals surface area contributed by atoms with Crippen LogP contribution in [0.1, 0.15) is 29.6 Å². The third-order valence-electron chi connectivity index (χ3n) is 5.66. The Morgan fingerprint density at radius 2 is 2.00 bits per heavy atom. The molecule has 1 spiro atoms. The lowest BCUT2D eigenvalue weighted by Gasteiger charge is -2.40. The van der Waals surface area contributed by atoms with Crippen molar-refractivity contribution in [2.24, 2.45) is 5.92 Å². The Bertz CT molecular complexity index is 1110. The molecule has 4 rings (SSSR count). The maximum Gasteiger partial charge on any atom is 0.431 e. The molecule has 15 heteroatoms. The van der Waals surface area contributed by atoms with E-state index < -0.39 is 68.5 Å². The standard InChI is InChI=1S/C18H15F4IO8S2/c19-17(20,18(21,22)33(26,27)28)3-4-29-14(24)10-6-13-16(7-12(10)32-13)30-11-5-8(23)1-2-9(11)15(25)31-16/h1-2,5,10,12-13H,3-4,6-7H2,(H,26,27,28). The molecule has 0 aromatic heterocycles. The van der Waals surface area contributed by atoms with E-state index >= 15 is 0 Å². The molecular formula is C18H15F4IO8S2. The van der Waals surface area contributed by atoms with E-state index in [2.05, 4.69) is 22.6 Å². The molecule has 2 fully saturated rings. The zero-order valence-electron chi connectivity index (χ0n) is 16.3. The molecule has 2 saturated heterocycles. The van der Waals surface area contributed by atoms with Gasteiger partial charge in [0.15, 0.2) is 0 Å². The van der Waals surface area contributed by atoms with Gasteiger partial charge in [-0.05, 0) is 47.2 Å². The second-order valence-corrected chi connectivity index (χ2v) is 11.9. The number of fused-ring (bicyclic) bond motifs is 4. The van der Waals surface area contributed by atoms with E-state index in [9.17, 15) is 35.6 Å². The summed E-state index contributed by atoms with van der Waals surface area (Å²) in [7, 11) is -6.36. The molecule has 0 radical (unpaired) electrons. The number of thioether (sulfide) groups is 1. The van der Waals surface area contributed by atoms with Crippen LogP contribution >= 0.6 is 34.4 Å². The third-order valence-corrected chi connectivity index (χ3v) is 9.00. The molecule has 3 aliphatic rings. The highest BCUT2D eigenvalue weighted by Gasteiger charge is 2.66. The van der Waals surface area contributed by atoms with Gasteiger partial charge in [0.05, 0.1) is 24.2 Å². The lowest BCUT2D eigenvalue weighted by molar-refractivity contribution is -0.180. The number of benzene rings is 1. The van der Waals surface area contributed by atoms with Crippen molar-refractivity contribution in [2.75, 3.05) is 6.61 Å². The smallest absolute Gasteiger partial charge is 0.431 e. The zero-order chi connectivity index (χ0) is 24.4. The van der Waals surface area contributed by atoms with Crippen LogP contribution in [-0.2, 0) is 24.4 Å². The molecule has 0 aliphatic carbocycles. The van der Waals surface area contributed by atoms with Crippen LogP contribution in [0, 0.1) is 9.49 Å². The number of rotatable bonds is 6. The van der Waals surface area contributed by atoms with Crippen LogP contribution in [-0.4, -0.2) is 59.0 Å². The Kier molecular flexibility index (Phi) is 6.10. The number of ether oxygens (including phenoxy) is 3. The molecule has 1 aromatic rings. The molecule has 4 atom stereocenters. The van der Waals surface area contributed by atoms with Crippen molar-refractivity contribution in [3.63, 3.8) is 0 Å². The van der Waals surface area contributed by atoms with Gasteiger partial charge in [0.2, 0.25) is 0 Å². The molecule has 3 aliphatic heterocycles. The predicted octanol–water partition coefficient (Wildman–Crippen LogP) is 3.48. The van der Waals surface area contributed by atoms with E-state index in [4.69, 9.17) is 18.8 Å². The summed E-state index contributed by atoms with van der Waals surface area (Å²) in [6.45, 7) is -1.18. The van der Waals surface area contributed by atoms with Crippen molar-refractivity contribution in [1.82, 2.24) is 0 Å². The van der Waals surface area contributed by atoms with Gasteiger partial charge in [0.1, 0.15) is 11.3 Å². The van der Waals surface area contributed by atoms with Crippen LogP contribution in [0.5, 0.6) is 5.75 Å². The number of esters is 2. The second-order valence-electron chi connectivity index (χ2n) is 7.77. The fourth-order valence-electron chi connectivity index (χ4n) is 3.98. The van der Waals surface area contributed by atoms with Gasteiger partial charge in [-0.3, -0.25) is 9.35 Å². The lowest BCUT2D eigenvalue weighted by Crippen LogP contribution is -2.53. The minimum Gasteiger partial charge on any atom is -0.465 e. The van der Waals surface area contributed by atoms with Gasteiger partial charge < -0.3 is 14.2 Å². The van der Waals surface area contributed by atoms with Crippen LogP contribution in [0.15, 0.2) is 18.2 Å². The topological polar surface area (TPSA) is 116 Å². The van der Waals surface area contributed by atoms with E-state index in [1.54, 1.807) is 18.2 Å². The second kappa shape index (κ2) is 8.12. The summed E-state index contributed by atoms with van der Waals surface area (Å²) in [5, 5.41) is -6.60. The first-order valence-electron chi connectivity index (χ1n) is 9.43. The van der Waals surface area contributed by atoms with Crippen LogP contribution in [0.2, 0.25) is 0 Å². The van der Waals surface area contributed by atoms with Crippen LogP contribution in [0.4, 0.5) is 17.6 Å². The molecule has 1 N–H and O–H groups in total. The third kappa shape index (κ3) is 4.18. The Morgan fingerprint density at radius 3 is 2.61 bits per heavy atom. The van der Waals surface area contributed by atoms with Crippen LogP contribution in [0.25, 0.3) is 0 Å². The maximum absolute atomic E-state index is 13.5. The van der Waals surface area contributed by atoms with Gasteiger partial charge >= 0.3 is 33.2 Å². The Morgan fingerprint density at radius 1 is 1.30 bits per heavy atom. The summed E-state index contributed by atoms with van der Waals surface area (Å²) >= 11 is 3.38.